The molecule has 1 N–H and O–H groups in total. The van der Waals surface area contributed by atoms with Crippen LogP contribution in [0.25, 0.3) is 22.3 Å². The molecule has 0 fully saturated rings. The second kappa shape index (κ2) is 6.38. The number of hydrogen-bond acceptors (Lipinski definition) is 3. The Labute approximate surface area is 145 Å². The number of nitrogens with zero attached hydrogens (tertiary/aromatic N) is 4. The molecule has 7 heteroatoms. The standard InChI is InChI=1S/C18H25N5O2/c1-11(2)8-22-15-6-14(13-7-19-21(5)10-13)20-16(15)17(24)23(18(22)25)9-12(3)4/h6-7,10-12,20H,8-9H2,1-5H3. The number of nitrogens with one attached hydrogen (secondary N) is 1. The molecule has 7 nitrogen and oxygen atoms in total. The molecular formula is C18H25N5O2. The van der Waals surface area contributed by atoms with Gasteiger partial charge in [-0.25, -0.2) is 4.79 Å². The number of hydrogen-bond donors (Lipinski definition) is 1. The summed E-state index contributed by atoms with van der Waals surface area (Å²) in [5, 5.41) is 4.18. The van der Waals surface area contributed by atoms with Crippen molar-refractivity contribution >= 4 is 11.0 Å². The molecule has 0 radical (unpaired) electrons. The number of aromatic amines is 1. The Morgan fingerprint density at radius 2 is 1.72 bits per heavy atom. The molecule has 0 aliphatic rings. The molecule has 25 heavy (non-hydrogen) atoms. The van der Waals surface area contributed by atoms with Gasteiger partial charge in [0, 0.05) is 31.9 Å². The van der Waals surface area contributed by atoms with Crippen molar-refractivity contribution in [3.05, 3.63) is 39.3 Å². The first kappa shape index (κ1) is 17.3. The van der Waals surface area contributed by atoms with E-state index in [1.807, 2.05) is 33.2 Å². The van der Waals surface area contributed by atoms with Crippen molar-refractivity contribution < 1.29 is 0 Å². The minimum atomic E-state index is -0.260. The fourth-order valence-corrected chi connectivity index (χ4v) is 3.07. The highest BCUT2D eigenvalue weighted by Crippen LogP contribution is 2.21. The van der Waals surface area contributed by atoms with E-state index in [1.165, 1.54) is 4.57 Å². The average molecular weight is 343 g/mol. The molecule has 3 aromatic rings. The van der Waals surface area contributed by atoms with Gasteiger partial charge in [-0.3, -0.25) is 18.6 Å². The van der Waals surface area contributed by atoms with Crippen molar-refractivity contribution in [1.29, 1.82) is 0 Å². The zero-order valence-electron chi connectivity index (χ0n) is 15.4. The van der Waals surface area contributed by atoms with Crippen molar-refractivity contribution in [3.8, 4) is 11.3 Å². The Morgan fingerprint density at radius 1 is 1.08 bits per heavy atom. The van der Waals surface area contributed by atoms with Crippen molar-refractivity contribution in [2.75, 3.05) is 0 Å². The summed E-state index contributed by atoms with van der Waals surface area (Å²) in [5.74, 6) is 0.505. The minimum Gasteiger partial charge on any atom is -0.349 e. The van der Waals surface area contributed by atoms with Crippen LogP contribution in [-0.2, 0) is 20.1 Å². The molecule has 3 rings (SSSR count). The van der Waals surface area contributed by atoms with Crippen LogP contribution < -0.4 is 11.2 Å². The van der Waals surface area contributed by atoms with Crippen LogP contribution >= 0.6 is 0 Å². The van der Waals surface area contributed by atoms with Gasteiger partial charge in [-0.05, 0) is 17.9 Å². The van der Waals surface area contributed by atoms with Gasteiger partial charge in [-0.15, -0.1) is 0 Å². The second-order valence-corrected chi connectivity index (χ2v) is 7.44. The summed E-state index contributed by atoms with van der Waals surface area (Å²) in [5.41, 5.74) is 2.30. The molecule has 3 aromatic heterocycles. The second-order valence-electron chi connectivity index (χ2n) is 7.44. The Bertz CT molecular complexity index is 1020. The highest BCUT2D eigenvalue weighted by atomic mass is 16.2. The third-order valence-corrected chi connectivity index (χ3v) is 4.12. The number of fused-ring (bicyclic) bond motifs is 1. The van der Waals surface area contributed by atoms with E-state index in [0.29, 0.717) is 30.0 Å². The Morgan fingerprint density at radius 3 is 2.28 bits per heavy atom. The summed E-state index contributed by atoms with van der Waals surface area (Å²) in [4.78, 5) is 29.0. The smallest absolute Gasteiger partial charge is 0.331 e. The first-order chi connectivity index (χ1) is 11.8. The summed E-state index contributed by atoms with van der Waals surface area (Å²) in [7, 11) is 1.84. The van der Waals surface area contributed by atoms with E-state index in [4.69, 9.17) is 0 Å². The van der Waals surface area contributed by atoms with Gasteiger partial charge in [0.15, 0.2) is 0 Å². The summed E-state index contributed by atoms with van der Waals surface area (Å²) in [6, 6.07) is 1.87. The van der Waals surface area contributed by atoms with E-state index >= 15 is 0 Å². The van der Waals surface area contributed by atoms with Crippen molar-refractivity contribution in [1.82, 2.24) is 23.9 Å². The zero-order chi connectivity index (χ0) is 18.3. The van der Waals surface area contributed by atoms with Crippen LogP contribution in [0.1, 0.15) is 27.7 Å². The summed E-state index contributed by atoms with van der Waals surface area (Å²) >= 11 is 0. The highest BCUT2D eigenvalue weighted by molar-refractivity contribution is 5.82. The van der Waals surface area contributed by atoms with Crippen LogP contribution in [0, 0.1) is 11.8 Å². The molecular weight excluding hydrogens is 318 g/mol. The van der Waals surface area contributed by atoms with Gasteiger partial charge in [0.1, 0.15) is 5.52 Å². The van der Waals surface area contributed by atoms with E-state index in [2.05, 4.69) is 23.9 Å². The quantitative estimate of drug-likeness (QED) is 0.771. The maximum Gasteiger partial charge on any atom is 0.331 e. The first-order valence-corrected chi connectivity index (χ1v) is 8.63. The van der Waals surface area contributed by atoms with Crippen molar-refractivity contribution in [2.24, 2.45) is 18.9 Å². The molecule has 0 spiro atoms. The molecule has 0 aliphatic carbocycles. The number of aryl methyl sites for hydroxylation is 1. The van der Waals surface area contributed by atoms with Gasteiger partial charge in [0.05, 0.1) is 17.4 Å². The number of aromatic nitrogens is 5. The van der Waals surface area contributed by atoms with Gasteiger partial charge < -0.3 is 4.98 Å². The Hall–Kier alpha value is -2.57. The average Bonchev–Trinajstić information content (AvgIpc) is 3.14. The molecule has 0 saturated heterocycles. The molecule has 0 saturated carbocycles. The molecule has 0 amide bonds. The number of rotatable bonds is 5. The van der Waals surface area contributed by atoms with Gasteiger partial charge in [-0.2, -0.15) is 5.10 Å². The van der Waals surface area contributed by atoms with Crippen molar-refractivity contribution in [3.63, 3.8) is 0 Å². The summed E-state index contributed by atoms with van der Waals surface area (Å²) < 4.78 is 4.76. The first-order valence-electron chi connectivity index (χ1n) is 8.63. The molecule has 0 aromatic carbocycles. The Kier molecular flexibility index (Phi) is 4.41. The normalized spacial score (nSPS) is 12.0. The lowest BCUT2D eigenvalue weighted by Gasteiger charge is -2.14. The molecule has 134 valence electrons. The molecule has 0 bridgehead atoms. The van der Waals surface area contributed by atoms with Crippen LogP contribution in [-0.4, -0.2) is 23.9 Å². The highest BCUT2D eigenvalue weighted by Gasteiger charge is 2.18. The SMILES string of the molecule is CC(C)Cn1c(=O)c2[nH]c(-c3cnn(C)c3)cc2n(CC(C)C)c1=O. The fourth-order valence-electron chi connectivity index (χ4n) is 3.07. The van der Waals surface area contributed by atoms with Crippen LogP contribution in [0.5, 0.6) is 0 Å². The summed E-state index contributed by atoms with van der Waals surface area (Å²) in [6.45, 7) is 9.10. The predicted octanol–water partition coefficient (Wildman–Crippen LogP) is 2.20. The van der Waals surface area contributed by atoms with E-state index in [9.17, 15) is 9.59 Å². The molecule has 3 heterocycles. The van der Waals surface area contributed by atoms with Gasteiger partial charge in [0.2, 0.25) is 0 Å². The van der Waals surface area contributed by atoms with E-state index in [1.54, 1.807) is 15.4 Å². The monoisotopic (exact) mass is 343 g/mol. The minimum absolute atomic E-state index is 0.211. The molecule has 0 unspecified atom stereocenters. The van der Waals surface area contributed by atoms with Gasteiger partial charge in [0.25, 0.3) is 5.56 Å². The van der Waals surface area contributed by atoms with E-state index < -0.39 is 0 Å². The third kappa shape index (κ3) is 3.18. The van der Waals surface area contributed by atoms with Crippen molar-refractivity contribution in [2.45, 2.75) is 40.8 Å². The van der Waals surface area contributed by atoms with Crippen LogP contribution in [0.2, 0.25) is 0 Å². The lowest BCUT2D eigenvalue weighted by Crippen LogP contribution is -2.41. The lowest BCUT2D eigenvalue weighted by atomic mass is 10.2. The van der Waals surface area contributed by atoms with E-state index in [0.717, 1.165) is 11.3 Å². The van der Waals surface area contributed by atoms with E-state index in [-0.39, 0.29) is 17.2 Å². The van der Waals surface area contributed by atoms with Crippen LogP contribution in [0.4, 0.5) is 0 Å². The Balaban J connectivity index is 2.30. The maximum absolute atomic E-state index is 12.9. The lowest BCUT2D eigenvalue weighted by molar-refractivity contribution is 0.452. The third-order valence-electron chi connectivity index (χ3n) is 4.12. The fraction of sp³-hybridized carbons (Fsp3) is 0.500. The van der Waals surface area contributed by atoms with Crippen LogP contribution in [0.3, 0.4) is 0 Å². The number of H-pyrrole nitrogens is 1. The molecule has 0 atom stereocenters. The maximum atomic E-state index is 12.9. The zero-order valence-corrected chi connectivity index (χ0v) is 15.4. The topological polar surface area (TPSA) is 77.6 Å². The predicted molar refractivity (Wildman–Crippen MR) is 98.7 cm³/mol. The van der Waals surface area contributed by atoms with Gasteiger partial charge >= 0.3 is 5.69 Å². The summed E-state index contributed by atoms with van der Waals surface area (Å²) in [6.07, 6.45) is 3.62. The molecule has 0 aliphatic heterocycles. The van der Waals surface area contributed by atoms with Crippen LogP contribution in [0.15, 0.2) is 28.0 Å². The van der Waals surface area contributed by atoms with Gasteiger partial charge in [-0.1, -0.05) is 27.7 Å². The largest absolute Gasteiger partial charge is 0.349 e.